The van der Waals surface area contributed by atoms with Crippen LogP contribution in [0.3, 0.4) is 0 Å². The maximum Gasteiger partial charge on any atom is 0.225 e. The van der Waals surface area contributed by atoms with Crippen molar-refractivity contribution in [1.29, 1.82) is 0 Å². The van der Waals surface area contributed by atoms with Crippen LogP contribution in [0.1, 0.15) is 44.2 Å². The number of fused-ring (bicyclic) bond motifs is 2. The Balaban J connectivity index is 1.56. The Morgan fingerprint density at radius 2 is 1.92 bits per heavy atom. The van der Waals surface area contributed by atoms with Gasteiger partial charge in [0.2, 0.25) is 5.91 Å². The van der Waals surface area contributed by atoms with Crippen LogP contribution in [0.5, 0.6) is 0 Å². The fraction of sp³-hybridized carbons (Fsp3) is 0.455. The van der Waals surface area contributed by atoms with Gasteiger partial charge < -0.3 is 4.90 Å². The van der Waals surface area contributed by atoms with Crippen LogP contribution < -0.4 is 0 Å². The monoisotopic (exact) mass is 334 g/mol. The van der Waals surface area contributed by atoms with Gasteiger partial charge >= 0.3 is 0 Å². The van der Waals surface area contributed by atoms with E-state index in [1.165, 1.54) is 28.7 Å². The number of carbonyl (C=O) groups excluding carboxylic acids is 1. The van der Waals surface area contributed by atoms with E-state index >= 15 is 0 Å². The van der Waals surface area contributed by atoms with E-state index < -0.39 is 0 Å². The van der Waals surface area contributed by atoms with Crippen LogP contribution in [0.25, 0.3) is 11.1 Å². The SMILES string of the molecule is CC(C)C(=O)N1CCC2(CCc3cc(-c4cccnc4)ccc32)CC1. The van der Waals surface area contributed by atoms with Gasteiger partial charge in [-0.1, -0.05) is 38.1 Å². The molecule has 1 aromatic carbocycles. The number of pyridine rings is 1. The molecule has 0 bridgehead atoms. The third-order valence-electron chi connectivity index (χ3n) is 6.07. The number of rotatable bonds is 2. The van der Waals surface area contributed by atoms with E-state index in [9.17, 15) is 4.79 Å². The Hall–Kier alpha value is -2.16. The Kier molecular flexibility index (Phi) is 4.10. The maximum atomic E-state index is 12.3. The minimum atomic E-state index is 0.104. The molecular weight excluding hydrogens is 308 g/mol. The average molecular weight is 334 g/mol. The number of benzene rings is 1. The van der Waals surface area contributed by atoms with Gasteiger partial charge in [-0.25, -0.2) is 0 Å². The van der Waals surface area contributed by atoms with Gasteiger partial charge in [0.15, 0.2) is 0 Å². The van der Waals surface area contributed by atoms with Crippen molar-refractivity contribution in [3.8, 4) is 11.1 Å². The van der Waals surface area contributed by atoms with E-state index in [2.05, 4.69) is 34.1 Å². The van der Waals surface area contributed by atoms with Crippen molar-refractivity contribution in [3.63, 3.8) is 0 Å². The standard InChI is InChI=1S/C22H26N2O/c1-16(2)21(25)24-12-9-22(10-13-24)8-7-18-14-17(5-6-20(18)22)19-4-3-11-23-15-19/h3-6,11,14-16H,7-10,12-13H2,1-2H3. The highest BCUT2D eigenvalue weighted by Gasteiger charge is 2.42. The summed E-state index contributed by atoms with van der Waals surface area (Å²) in [4.78, 5) is 18.6. The second-order valence-corrected chi connectivity index (χ2v) is 7.87. The molecule has 3 heteroatoms. The minimum Gasteiger partial charge on any atom is -0.342 e. The molecule has 2 aliphatic rings. The van der Waals surface area contributed by atoms with Gasteiger partial charge in [-0.2, -0.15) is 0 Å². The summed E-state index contributed by atoms with van der Waals surface area (Å²) in [6.07, 6.45) is 8.33. The molecule has 0 atom stereocenters. The second-order valence-electron chi connectivity index (χ2n) is 7.87. The lowest BCUT2D eigenvalue weighted by atomic mass is 9.73. The maximum absolute atomic E-state index is 12.3. The number of hydrogen-bond donors (Lipinski definition) is 0. The number of amides is 1. The molecule has 1 saturated heterocycles. The Bertz CT molecular complexity index is 774. The Morgan fingerprint density at radius 1 is 1.12 bits per heavy atom. The molecule has 2 aromatic rings. The van der Waals surface area contributed by atoms with Crippen molar-refractivity contribution in [2.75, 3.05) is 13.1 Å². The first kappa shape index (κ1) is 16.3. The van der Waals surface area contributed by atoms with Crippen LogP contribution >= 0.6 is 0 Å². The van der Waals surface area contributed by atoms with Crippen LogP contribution in [-0.4, -0.2) is 28.9 Å². The van der Waals surface area contributed by atoms with Crippen LogP contribution in [0, 0.1) is 5.92 Å². The van der Waals surface area contributed by atoms with Gasteiger partial charge in [0.1, 0.15) is 0 Å². The quantitative estimate of drug-likeness (QED) is 0.824. The highest BCUT2D eigenvalue weighted by Crippen LogP contribution is 2.47. The summed E-state index contributed by atoms with van der Waals surface area (Å²) in [6.45, 7) is 5.80. The molecule has 0 unspecified atom stereocenters. The number of aryl methyl sites for hydroxylation is 1. The lowest BCUT2D eigenvalue weighted by Crippen LogP contribution is -2.45. The van der Waals surface area contributed by atoms with Gasteiger partial charge in [-0.15, -0.1) is 0 Å². The normalized spacial score (nSPS) is 18.6. The van der Waals surface area contributed by atoms with E-state index in [0.29, 0.717) is 5.91 Å². The molecule has 1 aliphatic heterocycles. The van der Waals surface area contributed by atoms with Crippen molar-refractivity contribution in [3.05, 3.63) is 53.9 Å². The third kappa shape index (κ3) is 2.86. The molecule has 3 nitrogen and oxygen atoms in total. The topological polar surface area (TPSA) is 33.2 Å². The average Bonchev–Trinajstić information content (AvgIpc) is 3.00. The number of likely N-dealkylation sites (tertiary alicyclic amines) is 1. The van der Waals surface area contributed by atoms with E-state index in [4.69, 9.17) is 0 Å². The van der Waals surface area contributed by atoms with Gasteiger partial charge in [0.25, 0.3) is 0 Å². The van der Waals surface area contributed by atoms with Crippen molar-refractivity contribution >= 4 is 5.91 Å². The number of piperidine rings is 1. The number of carbonyl (C=O) groups is 1. The van der Waals surface area contributed by atoms with Gasteiger partial charge in [-0.3, -0.25) is 9.78 Å². The molecule has 4 rings (SSSR count). The minimum absolute atomic E-state index is 0.104. The molecule has 0 saturated carbocycles. The lowest BCUT2D eigenvalue weighted by molar-refractivity contribution is -0.136. The van der Waals surface area contributed by atoms with Crippen LogP contribution in [0.4, 0.5) is 0 Å². The van der Waals surface area contributed by atoms with E-state index in [1.807, 2.05) is 32.3 Å². The summed E-state index contributed by atoms with van der Waals surface area (Å²) < 4.78 is 0. The molecule has 1 fully saturated rings. The first-order chi connectivity index (χ1) is 12.1. The first-order valence-corrected chi connectivity index (χ1v) is 9.42. The highest BCUT2D eigenvalue weighted by atomic mass is 16.2. The molecule has 1 aromatic heterocycles. The molecular formula is C22H26N2O. The lowest BCUT2D eigenvalue weighted by Gasteiger charge is -2.40. The van der Waals surface area contributed by atoms with E-state index in [1.54, 1.807) is 0 Å². The van der Waals surface area contributed by atoms with Crippen molar-refractivity contribution in [2.45, 2.75) is 44.9 Å². The molecule has 1 aliphatic carbocycles. The zero-order chi connectivity index (χ0) is 17.4. The van der Waals surface area contributed by atoms with Crippen LogP contribution in [-0.2, 0) is 16.6 Å². The number of nitrogens with zero attached hydrogens (tertiary/aromatic N) is 2. The van der Waals surface area contributed by atoms with Gasteiger partial charge in [0.05, 0.1) is 0 Å². The summed E-state index contributed by atoms with van der Waals surface area (Å²) in [5.41, 5.74) is 5.75. The second kappa shape index (κ2) is 6.29. The number of aromatic nitrogens is 1. The predicted octanol–water partition coefficient (Wildman–Crippen LogP) is 4.21. The largest absolute Gasteiger partial charge is 0.342 e. The number of hydrogen-bond acceptors (Lipinski definition) is 2. The molecule has 25 heavy (non-hydrogen) atoms. The molecule has 2 heterocycles. The summed E-state index contributed by atoms with van der Waals surface area (Å²) in [7, 11) is 0. The molecule has 0 radical (unpaired) electrons. The van der Waals surface area contributed by atoms with E-state index in [-0.39, 0.29) is 11.3 Å². The third-order valence-corrected chi connectivity index (χ3v) is 6.07. The van der Waals surface area contributed by atoms with Crippen LogP contribution in [0.15, 0.2) is 42.7 Å². The van der Waals surface area contributed by atoms with Gasteiger partial charge in [-0.05, 0) is 59.4 Å². The zero-order valence-electron chi connectivity index (χ0n) is 15.2. The summed E-state index contributed by atoms with van der Waals surface area (Å²) in [5.74, 6) is 0.409. The molecule has 1 amide bonds. The molecule has 1 spiro atoms. The zero-order valence-corrected chi connectivity index (χ0v) is 15.2. The predicted molar refractivity (Wildman–Crippen MR) is 100 cm³/mol. The summed E-state index contributed by atoms with van der Waals surface area (Å²) in [6, 6.07) is 11.0. The molecule has 0 N–H and O–H groups in total. The fourth-order valence-corrected chi connectivity index (χ4v) is 4.58. The van der Waals surface area contributed by atoms with Crippen molar-refractivity contribution in [2.24, 2.45) is 5.92 Å². The Morgan fingerprint density at radius 3 is 2.60 bits per heavy atom. The van der Waals surface area contributed by atoms with Crippen molar-refractivity contribution < 1.29 is 4.79 Å². The Labute approximate surface area is 150 Å². The smallest absolute Gasteiger partial charge is 0.225 e. The van der Waals surface area contributed by atoms with Crippen molar-refractivity contribution in [1.82, 2.24) is 9.88 Å². The fourth-order valence-electron chi connectivity index (χ4n) is 4.58. The highest BCUT2D eigenvalue weighted by molar-refractivity contribution is 5.78. The summed E-state index contributed by atoms with van der Waals surface area (Å²) in [5, 5.41) is 0. The van der Waals surface area contributed by atoms with Gasteiger partial charge in [0, 0.05) is 31.4 Å². The molecule has 130 valence electrons. The summed E-state index contributed by atoms with van der Waals surface area (Å²) >= 11 is 0. The van der Waals surface area contributed by atoms with E-state index in [0.717, 1.165) is 32.4 Å². The van der Waals surface area contributed by atoms with Crippen LogP contribution in [0.2, 0.25) is 0 Å². The first-order valence-electron chi connectivity index (χ1n) is 9.42.